The van der Waals surface area contributed by atoms with Gasteiger partial charge in [0.15, 0.2) is 5.60 Å². The summed E-state index contributed by atoms with van der Waals surface area (Å²) in [5.74, 6) is -2.24. The Bertz CT molecular complexity index is 1280. The molecular weight excluding hydrogens is 444 g/mol. The van der Waals surface area contributed by atoms with E-state index in [-0.39, 0.29) is 28.2 Å². The fourth-order valence-corrected chi connectivity index (χ4v) is 5.27. The van der Waals surface area contributed by atoms with Gasteiger partial charge in [-0.15, -0.1) is 0 Å². The molecule has 0 saturated heterocycles. The van der Waals surface area contributed by atoms with Crippen molar-refractivity contribution >= 4 is 11.9 Å². The van der Waals surface area contributed by atoms with Crippen LogP contribution in [0.15, 0.2) is 42.5 Å². The molecule has 35 heavy (non-hydrogen) atoms. The molecule has 6 heteroatoms. The largest absolute Gasteiger partial charge is 0.507 e. The quantitative estimate of drug-likeness (QED) is 0.390. The van der Waals surface area contributed by atoms with E-state index >= 15 is 0 Å². The number of carboxylic acids is 1. The van der Waals surface area contributed by atoms with Crippen LogP contribution in [-0.4, -0.2) is 27.3 Å². The first-order valence-electron chi connectivity index (χ1n) is 12.0. The van der Waals surface area contributed by atoms with Crippen LogP contribution in [0.4, 0.5) is 0 Å². The van der Waals surface area contributed by atoms with Crippen molar-refractivity contribution in [3.63, 3.8) is 0 Å². The van der Waals surface area contributed by atoms with Crippen LogP contribution in [0.5, 0.6) is 11.5 Å². The third kappa shape index (κ3) is 3.64. The van der Waals surface area contributed by atoms with Gasteiger partial charge in [0.25, 0.3) is 0 Å². The number of rotatable bonds is 7. The molecule has 1 aliphatic rings. The van der Waals surface area contributed by atoms with E-state index in [2.05, 4.69) is 0 Å². The first-order valence-corrected chi connectivity index (χ1v) is 12.0. The van der Waals surface area contributed by atoms with Crippen molar-refractivity contribution in [3.8, 4) is 11.5 Å². The number of hydrogen-bond donors (Lipinski definition) is 3. The molecule has 0 aliphatic carbocycles. The molecule has 0 saturated carbocycles. The number of aryl methyl sites for hydroxylation is 4. The minimum absolute atomic E-state index is 0.0750. The van der Waals surface area contributed by atoms with Gasteiger partial charge in [0.1, 0.15) is 11.5 Å². The first kappa shape index (κ1) is 24.3. The summed E-state index contributed by atoms with van der Waals surface area (Å²) < 4.78 is 6.07. The Kier molecular flexibility index (Phi) is 6.32. The fraction of sp³-hybridized carbons (Fsp3) is 0.310. The molecule has 3 aromatic rings. The molecule has 4 rings (SSSR count). The number of carbonyl (C=O) groups is 2. The normalized spacial score (nSPS) is 14.0. The van der Waals surface area contributed by atoms with Gasteiger partial charge >= 0.3 is 11.9 Å². The van der Waals surface area contributed by atoms with Crippen molar-refractivity contribution < 1.29 is 29.6 Å². The number of carboxylic acid groups (broad SMARTS) is 1. The average molecular weight is 475 g/mol. The van der Waals surface area contributed by atoms with Crippen LogP contribution in [0.1, 0.15) is 87.4 Å². The summed E-state index contributed by atoms with van der Waals surface area (Å²) in [6, 6.07) is 11.5. The second-order valence-electron chi connectivity index (χ2n) is 8.79. The van der Waals surface area contributed by atoms with Crippen LogP contribution in [0.2, 0.25) is 0 Å². The zero-order valence-electron chi connectivity index (χ0n) is 20.4. The Morgan fingerprint density at radius 1 is 0.771 bits per heavy atom. The molecule has 3 aromatic carbocycles. The summed E-state index contributed by atoms with van der Waals surface area (Å²) in [5.41, 5.74) is 2.77. The molecule has 0 aromatic heterocycles. The van der Waals surface area contributed by atoms with Gasteiger partial charge in [-0.3, -0.25) is 0 Å². The van der Waals surface area contributed by atoms with Gasteiger partial charge in [-0.1, -0.05) is 39.8 Å². The number of aromatic hydroxyl groups is 2. The van der Waals surface area contributed by atoms with Crippen molar-refractivity contribution in [2.45, 2.75) is 59.0 Å². The lowest BCUT2D eigenvalue weighted by Crippen LogP contribution is -2.30. The number of phenols is 2. The molecular formula is C29H30O6. The second kappa shape index (κ2) is 9.10. The van der Waals surface area contributed by atoms with Crippen molar-refractivity contribution in [1.82, 2.24) is 0 Å². The smallest absolute Gasteiger partial charge is 0.341 e. The van der Waals surface area contributed by atoms with Crippen LogP contribution in [-0.2, 0) is 36.0 Å². The molecule has 1 aliphatic heterocycles. The number of cyclic esters (lactones) is 1. The maximum atomic E-state index is 13.3. The Morgan fingerprint density at radius 3 is 1.66 bits per heavy atom. The van der Waals surface area contributed by atoms with Gasteiger partial charge in [-0.25, -0.2) is 9.59 Å². The summed E-state index contributed by atoms with van der Waals surface area (Å²) in [6.07, 6.45) is 2.78. The van der Waals surface area contributed by atoms with Crippen LogP contribution in [0.25, 0.3) is 0 Å². The molecule has 0 spiro atoms. The van der Waals surface area contributed by atoms with Crippen LogP contribution in [0.3, 0.4) is 0 Å². The average Bonchev–Trinajstić information content (AvgIpc) is 3.16. The number of ether oxygens (including phenoxy) is 1. The number of hydrogen-bond acceptors (Lipinski definition) is 5. The van der Waals surface area contributed by atoms with Crippen molar-refractivity contribution in [2.75, 3.05) is 0 Å². The van der Waals surface area contributed by atoms with Gasteiger partial charge in [0.05, 0.1) is 11.1 Å². The molecule has 0 atom stereocenters. The highest BCUT2D eigenvalue weighted by atomic mass is 16.6. The maximum absolute atomic E-state index is 13.3. The van der Waals surface area contributed by atoms with Crippen molar-refractivity contribution in [2.24, 2.45) is 0 Å². The number of benzene rings is 3. The van der Waals surface area contributed by atoms with E-state index < -0.39 is 17.5 Å². The number of esters is 1. The molecule has 0 amide bonds. The molecule has 3 N–H and O–H groups in total. The summed E-state index contributed by atoms with van der Waals surface area (Å²) >= 11 is 0. The van der Waals surface area contributed by atoms with E-state index in [1.165, 1.54) is 6.07 Å². The molecule has 6 nitrogen and oxygen atoms in total. The van der Waals surface area contributed by atoms with Gasteiger partial charge in [-0.05, 0) is 78.3 Å². The Hall–Kier alpha value is -3.80. The standard InChI is InChI=1S/C29H30O6/c1-5-16-12-22(24(30)14-18(16)7-3)29(23-13-17(6-2)19(8-4)15-25(23)31)21-11-9-10-20(27(32)33)26(21)28(34)35-29/h9-15,30-31H,5-8H2,1-4H3,(H,32,33). The number of fused-ring (bicyclic) bond motifs is 1. The summed E-state index contributed by atoms with van der Waals surface area (Å²) in [7, 11) is 0. The molecule has 1 heterocycles. The van der Waals surface area contributed by atoms with Gasteiger partial charge < -0.3 is 20.1 Å². The predicted octanol–water partition coefficient (Wildman–Crippen LogP) is 5.51. The zero-order chi connectivity index (χ0) is 25.5. The molecule has 0 fully saturated rings. The zero-order valence-corrected chi connectivity index (χ0v) is 20.4. The van der Waals surface area contributed by atoms with E-state index in [1.807, 2.05) is 39.8 Å². The Labute approximate surface area is 204 Å². The fourth-order valence-electron chi connectivity index (χ4n) is 5.27. The third-order valence-electron chi connectivity index (χ3n) is 7.04. The van der Waals surface area contributed by atoms with E-state index in [1.54, 1.807) is 24.3 Å². The van der Waals surface area contributed by atoms with Gasteiger partial charge in [0, 0.05) is 16.7 Å². The number of carbonyl (C=O) groups excluding carboxylic acids is 1. The van der Waals surface area contributed by atoms with E-state index in [4.69, 9.17) is 4.74 Å². The van der Waals surface area contributed by atoms with E-state index in [0.717, 1.165) is 22.3 Å². The lowest BCUT2D eigenvalue weighted by Gasteiger charge is -2.33. The van der Waals surface area contributed by atoms with Gasteiger partial charge in [0.2, 0.25) is 0 Å². The Morgan fingerprint density at radius 2 is 1.23 bits per heavy atom. The van der Waals surface area contributed by atoms with Crippen LogP contribution in [0, 0.1) is 0 Å². The van der Waals surface area contributed by atoms with Crippen LogP contribution < -0.4 is 0 Å². The van der Waals surface area contributed by atoms with E-state index in [0.29, 0.717) is 36.8 Å². The monoisotopic (exact) mass is 474 g/mol. The summed E-state index contributed by atoms with van der Waals surface area (Å²) in [6.45, 7) is 8.00. The van der Waals surface area contributed by atoms with Crippen molar-refractivity contribution in [1.29, 1.82) is 0 Å². The predicted molar refractivity (Wildman–Crippen MR) is 132 cm³/mol. The highest BCUT2D eigenvalue weighted by Crippen LogP contribution is 2.53. The highest BCUT2D eigenvalue weighted by Gasteiger charge is 2.53. The van der Waals surface area contributed by atoms with Gasteiger partial charge in [-0.2, -0.15) is 0 Å². The molecule has 182 valence electrons. The molecule has 0 unspecified atom stereocenters. The molecule has 0 bridgehead atoms. The Balaban J connectivity index is 2.18. The van der Waals surface area contributed by atoms with Crippen LogP contribution >= 0.6 is 0 Å². The highest BCUT2D eigenvalue weighted by molar-refractivity contribution is 6.06. The number of aromatic carboxylic acids is 1. The maximum Gasteiger partial charge on any atom is 0.341 e. The molecule has 0 radical (unpaired) electrons. The van der Waals surface area contributed by atoms with Crippen molar-refractivity contribution in [3.05, 3.63) is 92.5 Å². The summed E-state index contributed by atoms with van der Waals surface area (Å²) in [4.78, 5) is 25.3. The topological polar surface area (TPSA) is 104 Å². The first-order chi connectivity index (χ1) is 16.7. The number of phenolic OH excluding ortho intramolecular Hbond substituents is 2. The second-order valence-corrected chi connectivity index (χ2v) is 8.79. The SMILES string of the molecule is CCc1cc(O)c(C2(c3cc(CC)c(CC)cc3O)OC(=O)c3c(C(=O)O)cccc32)cc1CC. The lowest BCUT2D eigenvalue weighted by atomic mass is 9.76. The lowest BCUT2D eigenvalue weighted by molar-refractivity contribution is 0.0237. The third-order valence-corrected chi connectivity index (χ3v) is 7.04. The minimum Gasteiger partial charge on any atom is -0.507 e. The minimum atomic E-state index is -1.71. The van der Waals surface area contributed by atoms with E-state index in [9.17, 15) is 24.9 Å². The summed E-state index contributed by atoms with van der Waals surface area (Å²) in [5, 5.41) is 32.3.